The molecular weight excluding hydrogens is 400 g/mol. The fraction of sp³-hybridized carbons (Fsp3) is 0.852. The first kappa shape index (κ1) is 22.4. The molecule has 4 fully saturated rings. The Morgan fingerprint density at radius 2 is 2.06 bits per heavy atom. The number of nitrogens with zero attached hydrogens (tertiary/aromatic N) is 1. The van der Waals surface area contributed by atoms with Crippen LogP contribution in [0.25, 0.3) is 0 Å². The van der Waals surface area contributed by atoms with Crippen molar-refractivity contribution in [3.8, 4) is 0 Å². The highest BCUT2D eigenvalue weighted by molar-refractivity contribution is 5.14. The van der Waals surface area contributed by atoms with E-state index in [2.05, 4.69) is 43.6 Å². The monoisotopic (exact) mass is 442 g/mol. The summed E-state index contributed by atoms with van der Waals surface area (Å²) in [6, 6.07) is 0. The zero-order valence-electron chi connectivity index (χ0n) is 20.2. The number of aromatic nitrogens is 2. The lowest BCUT2D eigenvalue weighted by Gasteiger charge is -2.64. The molecule has 5 nitrogen and oxygen atoms in total. The van der Waals surface area contributed by atoms with Crippen LogP contribution in [0.2, 0.25) is 0 Å². The molecule has 4 aliphatic carbocycles. The van der Waals surface area contributed by atoms with E-state index >= 15 is 0 Å². The van der Waals surface area contributed by atoms with Crippen LogP contribution in [0.1, 0.15) is 84.4 Å². The number of aliphatic hydroxyl groups is 1. The van der Waals surface area contributed by atoms with E-state index < -0.39 is 5.76 Å². The van der Waals surface area contributed by atoms with Gasteiger partial charge in [-0.2, -0.15) is 0 Å². The number of allylic oxidation sites excluding steroid dienone is 1. The van der Waals surface area contributed by atoms with Crippen molar-refractivity contribution in [3.05, 3.63) is 29.0 Å². The van der Waals surface area contributed by atoms with Gasteiger partial charge in [-0.25, -0.2) is 4.79 Å². The maximum Gasteiger partial charge on any atom is 0.438 e. The zero-order valence-corrected chi connectivity index (χ0v) is 20.2. The summed E-state index contributed by atoms with van der Waals surface area (Å²) in [6.07, 6.45) is 13.8. The molecule has 4 aliphatic rings. The summed E-state index contributed by atoms with van der Waals surface area (Å²) >= 11 is 0. The third kappa shape index (κ3) is 3.28. The van der Waals surface area contributed by atoms with Crippen LogP contribution in [0.5, 0.6) is 0 Å². The first-order valence-corrected chi connectivity index (χ1v) is 13.2. The largest absolute Gasteiger partial charge is 0.438 e. The van der Waals surface area contributed by atoms with E-state index in [1.165, 1.54) is 51.4 Å². The highest BCUT2D eigenvalue weighted by Crippen LogP contribution is 2.69. The number of aliphatic hydroxyl groups excluding tert-OH is 1. The molecule has 32 heavy (non-hydrogen) atoms. The van der Waals surface area contributed by atoms with Gasteiger partial charge in [0.2, 0.25) is 0 Å². The summed E-state index contributed by atoms with van der Waals surface area (Å²) in [5.41, 5.74) is 0.415. The molecule has 1 heterocycles. The summed E-state index contributed by atoms with van der Waals surface area (Å²) in [5.74, 6) is 4.19. The summed E-state index contributed by atoms with van der Waals surface area (Å²) in [4.78, 5) is 14.2. The minimum Gasteiger partial charge on any atom is -0.393 e. The van der Waals surface area contributed by atoms with E-state index in [-0.39, 0.29) is 17.4 Å². The molecule has 0 aromatic carbocycles. The summed E-state index contributed by atoms with van der Waals surface area (Å²) < 4.78 is 4.74. The molecule has 5 heteroatoms. The molecule has 4 saturated carbocycles. The lowest BCUT2D eigenvalue weighted by Crippen LogP contribution is -2.60. The molecule has 0 amide bonds. The van der Waals surface area contributed by atoms with Gasteiger partial charge in [-0.1, -0.05) is 51.3 Å². The van der Waals surface area contributed by atoms with Crippen molar-refractivity contribution in [3.63, 3.8) is 0 Å². The lowest BCUT2D eigenvalue weighted by atomic mass is 9.41. The van der Waals surface area contributed by atoms with Crippen molar-refractivity contribution >= 4 is 0 Å². The van der Waals surface area contributed by atoms with Gasteiger partial charge < -0.3 is 5.11 Å². The van der Waals surface area contributed by atoms with E-state index in [0.29, 0.717) is 41.3 Å². The topological polar surface area (TPSA) is 79.1 Å². The molecule has 1 aromatic rings. The first-order valence-electron chi connectivity index (χ1n) is 13.2. The van der Waals surface area contributed by atoms with Gasteiger partial charge in [0.25, 0.3) is 0 Å². The highest BCUT2D eigenvalue weighted by atomic mass is 16.5. The van der Waals surface area contributed by atoms with Gasteiger partial charge >= 0.3 is 5.76 Å². The smallest absolute Gasteiger partial charge is 0.393 e. The maximum atomic E-state index is 11.7. The third-order valence-electron chi connectivity index (χ3n) is 11.0. The van der Waals surface area contributed by atoms with Crippen LogP contribution in [0.3, 0.4) is 0 Å². The van der Waals surface area contributed by atoms with E-state index in [0.717, 1.165) is 18.3 Å². The minimum absolute atomic E-state index is 0.111. The molecule has 10 atom stereocenters. The van der Waals surface area contributed by atoms with Crippen molar-refractivity contribution in [2.45, 2.75) is 91.1 Å². The van der Waals surface area contributed by atoms with Crippen LogP contribution in [0.4, 0.5) is 0 Å². The lowest BCUT2D eigenvalue weighted by molar-refractivity contribution is -0.187. The molecule has 4 unspecified atom stereocenters. The van der Waals surface area contributed by atoms with Crippen molar-refractivity contribution in [1.82, 2.24) is 10.1 Å². The first-order chi connectivity index (χ1) is 15.3. The fourth-order valence-corrected chi connectivity index (χ4v) is 9.85. The molecule has 5 rings (SSSR count). The number of H-pyrrole nitrogens is 1. The maximum absolute atomic E-state index is 11.7. The average molecular weight is 443 g/mol. The predicted octanol–water partition coefficient (Wildman–Crippen LogP) is 5.36. The fourth-order valence-electron chi connectivity index (χ4n) is 9.85. The van der Waals surface area contributed by atoms with E-state index in [1.807, 2.05) is 0 Å². The molecular formula is C27H42N2O3. The Balaban J connectivity index is 1.45. The molecule has 178 valence electrons. The highest BCUT2D eigenvalue weighted by Gasteiger charge is 2.64. The Labute approximate surface area is 192 Å². The second kappa shape index (κ2) is 8.14. The number of fused-ring (bicyclic) bond motifs is 5. The van der Waals surface area contributed by atoms with Gasteiger partial charge in [-0.05, 0) is 90.8 Å². The van der Waals surface area contributed by atoms with E-state index in [9.17, 15) is 9.90 Å². The second-order valence-electron chi connectivity index (χ2n) is 12.2. The molecule has 2 N–H and O–H groups in total. The number of hydrogen-bond acceptors (Lipinski definition) is 4. The van der Waals surface area contributed by atoms with Crippen molar-refractivity contribution < 1.29 is 9.63 Å². The van der Waals surface area contributed by atoms with Gasteiger partial charge in [0.05, 0.1) is 6.10 Å². The Bertz CT molecular complexity index is 891. The van der Waals surface area contributed by atoms with Crippen LogP contribution in [0, 0.1) is 52.3 Å². The summed E-state index contributed by atoms with van der Waals surface area (Å²) in [5, 5.41) is 15.7. The normalized spacial score (nSPS) is 46.7. The van der Waals surface area contributed by atoms with Crippen LogP contribution in [-0.4, -0.2) is 21.4 Å². The van der Waals surface area contributed by atoms with Crippen molar-refractivity contribution in [2.75, 3.05) is 0 Å². The number of aromatic amines is 1. The SMILES string of the molecule is C=C[C@H](Cc1noc(=O)[nH]1)[C@H]1CCC2C3C[C@H](CC)C4CCCC[C@]4(C)C3[C@@H](O)C[C@@]21C. The van der Waals surface area contributed by atoms with Gasteiger partial charge in [-0.3, -0.25) is 9.51 Å². The zero-order chi connectivity index (χ0) is 22.7. The molecule has 0 spiro atoms. The van der Waals surface area contributed by atoms with Crippen molar-refractivity contribution in [1.29, 1.82) is 0 Å². The summed E-state index contributed by atoms with van der Waals surface area (Å²) in [6.45, 7) is 11.5. The predicted molar refractivity (Wildman–Crippen MR) is 125 cm³/mol. The van der Waals surface area contributed by atoms with Crippen LogP contribution < -0.4 is 5.76 Å². The number of nitrogens with one attached hydrogen (secondary N) is 1. The quantitative estimate of drug-likeness (QED) is 0.601. The Morgan fingerprint density at radius 1 is 1.25 bits per heavy atom. The molecule has 0 radical (unpaired) electrons. The van der Waals surface area contributed by atoms with Gasteiger partial charge in [0.1, 0.15) is 0 Å². The third-order valence-corrected chi connectivity index (χ3v) is 11.0. The number of hydrogen-bond donors (Lipinski definition) is 2. The molecule has 0 bridgehead atoms. The van der Waals surface area contributed by atoms with Crippen molar-refractivity contribution in [2.24, 2.45) is 52.3 Å². The van der Waals surface area contributed by atoms with Gasteiger partial charge in [-0.15, -0.1) is 6.58 Å². The Kier molecular flexibility index (Phi) is 5.71. The number of rotatable bonds is 5. The van der Waals surface area contributed by atoms with E-state index in [1.54, 1.807) is 0 Å². The van der Waals surface area contributed by atoms with E-state index in [4.69, 9.17) is 4.52 Å². The standard InChI is InChI=1S/C27H42N2O3/c1-5-16-13-18-21-11-10-20(17(6-2)14-23-28-25(31)32-29-23)27(21,4)15-22(30)24(18)26(3)12-8-7-9-19(16)26/h6,16-22,24,30H,2,5,7-15H2,1,3-4H3,(H,28,29,31)/t16-,17+,18?,19?,20+,21?,22-,24?,26-,27+/m0/s1. The molecule has 1 aromatic heterocycles. The van der Waals surface area contributed by atoms with Crippen LogP contribution >= 0.6 is 0 Å². The summed E-state index contributed by atoms with van der Waals surface area (Å²) in [7, 11) is 0. The Morgan fingerprint density at radius 3 is 2.75 bits per heavy atom. The van der Waals surface area contributed by atoms with Gasteiger partial charge in [0, 0.05) is 6.42 Å². The Hall–Kier alpha value is -1.36. The molecule has 0 aliphatic heterocycles. The van der Waals surface area contributed by atoms with Gasteiger partial charge in [0.15, 0.2) is 5.82 Å². The minimum atomic E-state index is -0.489. The van der Waals surface area contributed by atoms with Crippen LogP contribution in [0.15, 0.2) is 22.0 Å². The molecule has 0 saturated heterocycles. The average Bonchev–Trinajstić information content (AvgIpc) is 3.32. The second-order valence-corrected chi connectivity index (χ2v) is 12.2. The van der Waals surface area contributed by atoms with Crippen LogP contribution in [-0.2, 0) is 6.42 Å².